The first-order valence-electron chi connectivity index (χ1n) is 7.31. The molecule has 2 aromatic heterocycles. The Hall–Kier alpha value is -1.77. The van der Waals surface area contributed by atoms with E-state index >= 15 is 0 Å². The molecular formula is C15H18N4O2S2. The first-order chi connectivity index (χ1) is 10.9. The molecule has 0 unspecified atom stereocenters. The van der Waals surface area contributed by atoms with E-state index in [2.05, 4.69) is 14.8 Å². The molecule has 0 saturated carbocycles. The lowest BCUT2D eigenvalue weighted by Crippen LogP contribution is -2.25. The summed E-state index contributed by atoms with van der Waals surface area (Å²) < 4.78 is 29.4. The zero-order chi connectivity index (χ0) is 16.6. The molecule has 23 heavy (non-hydrogen) atoms. The minimum absolute atomic E-state index is 0.121. The molecule has 0 bridgehead atoms. The van der Waals surface area contributed by atoms with Crippen LogP contribution in [0.15, 0.2) is 29.3 Å². The molecule has 1 N–H and O–H groups in total. The molecule has 0 radical (unpaired) electrons. The van der Waals surface area contributed by atoms with Crippen LogP contribution in [0.4, 0.5) is 0 Å². The number of aromatic nitrogens is 3. The second-order valence-electron chi connectivity index (χ2n) is 5.36. The van der Waals surface area contributed by atoms with Gasteiger partial charge in [-0.25, -0.2) is 18.1 Å². The molecule has 0 aliphatic carbocycles. The SMILES string of the molecule is CCc1nn2c(S(=O)(=O)NCc3cccc(C)c3)c(C)nc2s1. The first-order valence-corrected chi connectivity index (χ1v) is 9.61. The Balaban J connectivity index is 1.93. The summed E-state index contributed by atoms with van der Waals surface area (Å²) in [6.07, 6.45) is 0.753. The smallest absolute Gasteiger partial charge is 0.221 e. The van der Waals surface area contributed by atoms with E-state index in [9.17, 15) is 8.42 Å². The average molecular weight is 350 g/mol. The van der Waals surface area contributed by atoms with Crippen molar-refractivity contribution < 1.29 is 8.42 Å². The highest BCUT2D eigenvalue weighted by Gasteiger charge is 2.25. The van der Waals surface area contributed by atoms with Crippen LogP contribution in [0.1, 0.15) is 28.8 Å². The van der Waals surface area contributed by atoms with Gasteiger partial charge in [0, 0.05) is 6.54 Å². The molecule has 0 saturated heterocycles. The maximum atomic E-state index is 12.7. The van der Waals surface area contributed by atoms with Crippen LogP contribution >= 0.6 is 11.3 Å². The van der Waals surface area contributed by atoms with Crippen LogP contribution in [-0.2, 0) is 23.0 Å². The molecule has 3 rings (SSSR count). The van der Waals surface area contributed by atoms with E-state index in [1.165, 1.54) is 15.9 Å². The summed E-state index contributed by atoms with van der Waals surface area (Å²) in [6.45, 7) is 5.88. The Morgan fingerprint density at radius 3 is 2.78 bits per heavy atom. The van der Waals surface area contributed by atoms with Gasteiger partial charge in [0.25, 0.3) is 10.0 Å². The van der Waals surface area contributed by atoms with Crippen LogP contribution < -0.4 is 4.72 Å². The minimum Gasteiger partial charge on any atom is -0.221 e. The quantitative estimate of drug-likeness (QED) is 0.767. The van der Waals surface area contributed by atoms with E-state index in [1.54, 1.807) is 6.92 Å². The third-order valence-corrected chi connectivity index (χ3v) is 6.03. The van der Waals surface area contributed by atoms with E-state index in [1.807, 2.05) is 38.1 Å². The van der Waals surface area contributed by atoms with Crippen molar-refractivity contribution in [2.45, 2.75) is 38.8 Å². The van der Waals surface area contributed by atoms with Gasteiger partial charge < -0.3 is 0 Å². The highest BCUT2D eigenvalue weighted by molar-refractivity contribution is 7.89. The summed E-state index contributed by atoms with van der Waals surface area (Å²) in [5, 5.41) is 5.33. The second-order valence-corrected chi connectivity index (χ2v) is 8.08. The van der Waals surface area contributed by atoms with Crippen molar-refractivity contribution in [2.24, 2.45) is 0 Å². The predicted octanol–water partition coefficient (Wildman–Crippen LogP) is 2.45. The summed E-state index contributed by atoms with van der Waals surface area (Å²) in [6, 6.07) is 7.74. The van der Waals surface area contributed by atoms with Crippen LogP contribution in [0.3, 0.4) is 0 Å². The average Bonchev–Trinajstić information content (AvgIpc) is 3.01. The van der Waals surface area contributed by atoms with Crippen molar-refractivity contribution >= 4 is 26.3 Å². The van der Waals surface area contributed by atoms with E-state index < -0.39 is 10.0 Å². The monoisotopic (exact) mass is 350 g/mol. The normalized spacial score (nSPS) is 12.1. The topological polar surface area (TPSA) is 76.4 Å². The van der Waals surface area contributed by atoms with Gasteiger partial charge in [-0.15, -0.1) is 0 Å². The number of aryl methyl sites for hydroxylation is 3. The van der Waals surface area contributed by atoms with E-state index in [4.69, 9.17) is 0 Å². The highest BCUT2D eigenvalue weighted by atomic mass is 32.2. The molecule has 0 fully saturated rings. The molecule has 6 nitrogen and oxygen atoms in total. The Morgan fingerprint density at radius 2 is 2.09 bits per heavy atom. The fourth-order valence-corrected chi connectivity index (χ4v) is 4.61. The fraction of sp³-hybridized carbons (Fsp3) is 0.333. The standard InChI is InChI=1S/C15H18N4O2S2/c1-4-13-18-19-14(11(3)17-15(19)22-13)23(20,21)16-9-12-7-5-6-10(2)8-12/h5-8,16H,4,9H2,1-3H3. The summed E-state index contributed by atoms with van der Waals surface area (Å²) in [7, 11) is -3.69. The first kappa shape index (κ1) is 16.1. The molecule has 122 valence electrons. The van der Waals surface area contributed by atoms with Gasteiger partial charge in [-0.2, -0.15) is 9.61 Å². The van der Waals surface area contributed by atoms with Gasteiger partial charge in [0.05, 0.1) is 5.69 Å². The van der Waals surface area contributed by atoms with Crippen LogP contribution in [-0.4, -0.2) is 23.0 Å². The number of rotatable bonds is 5. The number of hydrogen-bond acceptors (Lipinski definition) is 5. The molecule has 8 heteroatoms. The van der Waals surface area contributed by atoms with Crippen LogP contribution in [0.25, 0.3) is 4.96 Å². The van der Waals surface area contributed by atoms with E-state index in [-0.39, 0.29) is 11.6 Å². The van der Waals surface area contributed by atoms with Gasteiger partial charge in [0.1, 0.15) is 5.01 Å². The van der Waals surface area contributed by atoms with Crippen molar-refractivity contribution in [1.82, 2.24) is 19.3 Å². The van der Waals surface area contributed by atoms with Gasteiger partial charge in [-0.3, -0.25) is 0 Å². The Kier molecular flexibility index (Phi) is 4.22. The number of benzene rings is 1. The van der Waals surface area contributed by atoms with Crippen molar-refractivity contribution in [3.8, 4) is 0 Å². The lowest BCUT2D eigenvalue weighted by atomic mass is 10.1. The molecule has 0 aliphatic rings. The molecule has 0 atom stereocenters. The molecule has 0 amide bonds. The summed E-state index contributed by atoms with van der Waals surface area (Å²) >= 11 is 1.41. The Bertz CT molecular complexity index is 957. The summed E-state index contributed by atoms with van der Waals surface area (Å²) in [4.78, 5) is 4.92. The number of hydrogen-bond donors (Lipinski definition) is 1. The van der Waals surface area contributed by atoms with Gasteiger partial charge in [-0.1, -0.05) is 48.1 Å². The second kappa shape index (κ2) is 6.03. The lowest BCUT2D eigenvalue weighted by molar-refractivity contribution is 0.572. The van der Waals surface area contributed by atoms with Gasteiger partial charge in [0.2, 0.25) is 4.96 Å². The number of sulfonamides is 1. The zero-order valence-electron chi connectivity index (χ0n) is 13.2. The lowest BCUT2D eigenvalue weighted by Gasteiger charge is -2.07. The minimum atomic E-state index is -3.69. The Labute approximate surface area is 139 Å². The molecular weight excluding hydrogens is 332 g/mol. The highest BCUT2D eigenvalue weighted by Crippen LogP contribution is 2.22. The maximum absolute atomic E-state index is 12.7. The molecule has 2 heterocycles. The largest absolute Gasteiger partial charge is 0.260 e. The molecule has 1 aromatic carbocycles. The predicted molar refractivity (Wildman–Crippen MR) is 90.2 cm³/mol. The van der Waals surface area contributed by atoms with Gasteiger partial charge in [0.15, 0.2) is 5.03 Å². The number of nitrogens with one attached hydrogen (secondary N) is 1. The Morgan fingerprint density at radius 1 is 1.30 bits per heavy atom. The van der Waals surface area contributed by atoms with Gasteiger partial charge in [-0.05, 0) is 25.8 Å². The number of fused-ring (bicyclic) bond motifs is 1. The maximum Gasteiger partial charge on any atom is 0.260 e. The fourth-order valence-electron chi connectivity index (χ4n) is 2.39. The van der Waals surface area contributed by atoms with Crippen LogP contribution in [0, 0.1) is 13.8 Å². The summed E-state index contributed by atoms with van der Waals surface area (Å²) in [5.74, 6) is 0. The van der Waals surface area contributed by atoms with E-state index in [0.717, 1.165) is 22.6 Å². The van der Waals surface area contributed by atoms with Crippen LogP contribution in [0.5, 0.6) is 0 Å². The van der Waals surface area contributed by atoms with E-state index in [0.29, 0.717) is 10.7 Å². The third kappa shape index (κ3) is 3.15. The summed E-state index contributed by atoms with van der Waals surface area (Å²) in [5.41, 5.74) is 2.47. The van der Waals surface area contributed by atoms with Crippen LogP contribution in [0.2, 0.25) is 0 Å². The van der Waals surface area contributed by atoms with Crippen molar-refractivity contribution in [3.63, 3.8) is 0 Å². The van der Waals surface area contributed by atoms with Gasteiger partial charge >= 0.3 is 0 Å². The third-order valence-electron chi connectivity index (χ3n) is 3.47. The number of imidazole rings is 1. The molecule has 0 spiro atoms. The van der Waals surface area contributed by atoms with Crippen molar-refractivity contribution in [3.05, 3.63) is 46.1 Å². The molecule has 0 aliphatic heterocycles. The van der Waals surface area contributed by atoms with Crippen molar-refractivity contribution in [1.29, 1.82) is 0 Å². The number of nitrogens with zero attached hydrogens (tertiary/aromatic N) is 3. The molecule has 3 aromatic rings. The van der Waals surface area contributed by atoms with Crippen molar-refractivity contribution in [2.75, 3.05) is 0 Å². The zero-order valence-corrected chi connectivity index (χ0v) is 14.8.